The van der Waals surface area contributed by atoms with Crippen LogP contribution in [0.5, 0.6) is 0 Å². The van der Waals surface area contributed by atoms with Crippen LogP contribution in [0, 0.1) is 0 Å². The number of hydrogen-bond donors (Lipinski definition) is 5. The van der Waals surface area contributed by atoms with E-state index in [1.807, 2.05) is 0 Å². The largest absolute Gasteiger partial charge is 0.480 e. The van der Waals surface area contributed by atoms with E-state index in [-0.39, 0.29) is 72.0 Å². The summed E-state index contributed by atoms with van der Waals surface area (Å²) >= 11 is 0. The molecule has 0 radical (unpaired) electrons. The predicted octanol–water partition coefficient (Wildman–Crippen LogP) is -1.27. The Kier molecular flexibility index (Phi) is 12.6. The molecule has 0 aliphatic carbocycles. The van der Waals surface area contributed by atoms with E-state index in [2.05, 4.69) is 5.32 Å². The molecular weight excluding hydrogens is 502 g/mol. The Bertz CT molecular complexity index is 959. The number of carboxylic acids is 4. The Labute approximate surface area is 220 Å². The van der Waals surface area contributed by atoms with Crippen molar-refractivity contribution in [2.45, 2.75) is 12.5 Å². The maximum atomic E-state index is 11.8. The number of benzene rings is 1. The van der Waals surface area contributed by atoms with Crippen molar-refractivity contribution in [3.8, 4) is 0 Å². The summed E-state index contributed by atoms with van der Waals surface area (Å²) in [6.07, 6.45) is 0.916. The van der Waals surface area contributed by atoms with Crippen molar-refractivity contribution in [3.05, 3.63) is 29.8 Å². The van der Waals surface area contributed by atoms with Gasteiger partial charge in [-0.2, -0.15) is 0 Å². The minimum atomic E-state index is -1.07. The van der Waals surface area contributed by atoms with E-state index in [4.69, 9.17) is 0 Å². The molecule has 0 spiro atoms. The van der Waals surface area contributed by atoms with Gasteiger partial charge in [-0.3, -0.25) is 43.6 Å². The topological polar surface area (TPSA) is 191 Å². The third kappa shape index (κ3) is 11.6. The van der Waals surface area contributed by atoms with Crippen LogP contribution in [0.3, 0.4) is 0 Å². The van der Waals surface area contributed by atoms with Crippen LogP contribution in [0.15, 0.2) is 24.3 Å². The van der Waals surface area contributed by atoms with Gasteiger partial charge in [0.1, 0.15) is 0 Å². The molecule has 5 N–H and O–H groups in total. The first-order valence-electron chi connectivity index (χ1n) is 12.1. The van der Waals surface area contributed by atoms with Crippen molar-refractivity contribution >= 4 is 36.0 Å². The fourth-order valence-corrected chi connectivity index (χ4v) is 4.43. The summed E-state index contributed by atoms with van der Waals surface area (Å²) < 4.78 is 0. The summed E-state index contributed by atoms with van der Waals surface area (Å²) in [7, 11) is 0. The van der Waals surface area contributed by atoms with Gasteiger partial charge in [0.2, 0.25) is 6.41 Å². The monoisotopic (exact) mass is 537 g/mol. The first kappa shape index (κ1) is 30.6. The number of carboxylic acid groups (broad SMARTS) is 4. The molecule has 14 heteroatoms. The highest BCUT2D eigenvalue weighted by Gasteiger charge is 2.27. The second-order valence-electron chi connectivity index (χ2n) is 9.15. The number of nitrogens with zero attached hydrogens (tertiary/aromatic N) is 4. The van der Waals surface area contributed by atoms with Gasteiger partial charge in [-0.05, 0) is 24.1 Å². The molecule has 1 fully saturated rings. The fourth-order valence-electron chi connectivity index (χ4n) is 4.43. The second kappa shape index (κ2) is 15.6. The molecule has 1 heterocycles. The third-order valence-electron chi connectivity index (χ3n) is 6.22. The number of nitrogens with one attached hydrogen (secondary N) is 1. The molecule has 1 saturated heterocycles. The maximum absolute atomic E-state index is 11.8. The van der Waals surface area contributed by atoms with Crippen LogP contribution in [0.25, 0.3) is 0 Å². The Balaban J connectivity index is 2.39. The van der Waals surface area contributed by atoms with E-state index in [1.54, 1.807) is 43.9 Å². The fraction of sp³-hybridized carbons (Fsp3) is 0.542. The molecule has 0 bridgehead atoms. The lowest BCUT2D eigenvalue weighted by atomic mass is 10.0. The van der Waals surface area contributed by atoms with Crippen LogP contribution in [-0.4, -0.2) is 148 Å². The average Bonchev–Trinajstić information content (AvgIpc) is 2.82. The molecule has 38 heavy (non-hydrogen) atoms. The van der Waals surface area contributed by atoms with Crippen LogP contribution in [0.1, 0.15) is 5.56 Å². The van der Waals surface area contributed by atoms with Crippen molar-refractivity contribution in [3.63, 3.8) is 0 Å². The van der Waals surface area contributed by atoms with E-state index in [0.29, 0.717) is 18.5 Å². The Morgan fingerprint density at radius 1 is 0.711 bits per heavy atom. The van der Waals surface area contributed by atoms with E-state index < -0.39 is 29.9 Å². The minimum Gasteiger partial charge on any atom is -0.480 e. The van der Waals surface area contributed by atoms with Gasteiger partial charge in [0, 0.05) is 57.5 Å². The number of aliphatic carboxylic acids is 4. The lowest BCUT2D eigenvalue weighted by Crippen LogP contribution is -2.53. The van der Waals surface area contributed by atoms with E-state index >= 15 is 0 Å². The van der Waals surface area contributed by atoms with Crippen molar-refractivity contribution in [1.29, 1.82) is 0 Å². The van der Waals surface area contributed by atoms with Crippen LogP contribution in [-0.2, 0) is 30.4 Å². The van der Waals surface area contributed by atoms with E-state index in [1.165, 1.54) is 0 Å². The molecule has 1 unspecified atom stereocenters. The number of rotatable bonds is 12. The summed E-state index contributed by atoms with van der Waals surface area (Å²) in [5.41, 5.74) is 1.42. The first-order chi connectivity index (χ1) is 18.0. The molecule has 1 aromatic carbocycles. The molecule has 1 aliphatic rings. The van der Waals surface area contributed by atoms with Gasteiger partial charge in [-0.15, -0.1) is 0 Å². The molecule has 1 aliphatic heterocycles. The summed E-state index contributed by atoms with van der Waals surface area (Å²) in [4.78, 5) is 63.5. The maximum Gasteiger partial charge on any atom is 0.317 e. The smallest absolute Gasteiger partial charge is 0.317 e. The number of hydrogen-bond acceptors (Lipinski definition) is 9. The minimum absolute atomic E-state index is 0.188. The molecule has 1 atom stereocenters. The number of amides is 1. The lowest BCUT2D eigenvalue weighted by Gasteiger charge is -2.37. The summed E-state index contributed by atoms with van der Waals surface area (Å²) in [6.45, 7) is 0.352. The molecule has 0 saturated carbocycles. The predicted molar refractivity (Wildman–Crippen MR) is 135 cm³/mol. The molecule has 1 aromatic rings. The molecule has 14 nitrogen and oxygen atoms in total. The first-order valence-corrected chi connectivity index (χ1v) is 12.1. The van der Waals surface area contributed by atoms with Crippen LogP contribution >= 0.6 is 0 Å². The van der Waals surface area contributed by atoms with Crippen LogP contribution in [0.4, 0.5) is 5.69 Å². The second-order valence-corrected chi connectivity index (χ2v) is 9.15. The van der Waals surface area contributed by atoms with Gasteiger partial charge in [-0.25, -0.2) is 0 Å². The van der Waals surface area contributed by atoms with E-state index in [0.717, 1.165) is 5.56 Å². The lowest BCUT2D eigenvalue weighted by molar-refractivity contribution is -0.142. The Morgan fingerprint density at radius 3 is 1.63 bits per heavy atom. The van der Waals surface area contributed by atoms with Gasteiger partial charge >= 0.3 is 23.9 Å². The molecule has 210 valence electrons. The van der Waals surface area contributed by atoms with Gasteiger partial charge in [-0.1, -0.05) is 12.1 Å². The SMILES string of the molecule is O=CNc1ccc(CC2CN(CC(=O)O)CCN(CC(=O)O)CCN(CC(=O)O)CCN2CC(=O)O)cc1. The van der Waals surface area contributed by atoms with Crippen LogP contribution in [0.2, 0.25) is 0 Å². The normalized spacial score (nSPS) is 19.1. The van der Waals surface area contributed by atoms with Gasteiger partial charge in [0.15, 0.2) is 0 Å². The summed E-state index contributed by atoms with van der Waals surface area (Å²) in [5.74, 6) is -4.25. The standard InChI is InChI=1S/C24H35N5O9/c30-17-25-19-3-1-18(2-4-19)11-20-12-28(15-23(35)36)8-7-26(13-21(31)32)5-6-27(14-22(33)34)9-10-29(20)16-24(37)38/h1-4,17,20H,5-16H2,(H,25,30)(H,31,32)(H,33,34)(H,35,36)(H,37,38). The van der Waals surface area contributed by atoms with Crippen molar-refractivity contribution in [2.24, 2.45) is 0 Å². The highest BCUT2D eigenvalue weighted by atomic mass is 16.4. The average molecular weight is 538 g/mol. The molecule has 0 aromatic heterocycles. The van der Waals surface area contributed by atoms with Gasteiger partial charge in [0.05, 0.1) is 26.2 Å². The Morgan fingerprint density at radius 2 is 1.16 bits per heavy atom. The third-order valence-corrected chi connectivity index (χ3v) is 6.22. The van der Waals surface area contributed by atoms with Crippen LogP contribution < -0.4 is 5.32 Å². The molecule has 2 rings (SSSR count). The number of carbonyl (C=O) groups excluding carboxylic acids is 1. The van der Waals surface area contributed by atoms with Crippen molar-refractivity contribution in [2.75, 3.05) is 77.3 Å². The highest BCUT2D eigenvalue weighted by Crippen LogP contribution is 2.15. The zero-order chi connectivity index (χ0) is 28.1. The molecule has 1 amide bonds. The van der Waals surface area contributed by atoms with E-state index in [9.17, 15) is 44.4 Å². The summed E-state index contributed by atoms with van der Waals surface area (Å²) in [5, 5.41) is 40.3. The highest BCUT2D eigenvalue weighted by molar-refractivity contribution is 5.71. The number of carbonyl (C=O) groups is 5. The van der Waals surface area contributed by atoms with Crippen molar-refractivity contribution < 1.29 is 44.4 Å². The van der Waals surface area contributed by atoms with Crippen molar-refractivity contribution in [1.82, 2.24) is 19.6 Å². The molecular formula is C24H35N5O9. The number of anilines is 1. The van der Waals surface area contributed by atoms with Gasteiger partial charge in [0.25, 0.3) is 0 Å². The Hall–Kier alpha value is -3.59. The zero-order valence-corrected chi connectivity index (χ0v) is 21.1. The zero-order valence-electron chi connectivity index (χ0n) is 21.1. The van der Waals surface area contributed by atoms with Gasteiger partial charge < -0.3 is 25.7 Å². The summed E-state index contributed by atoms with van der Waals surface area (Å²) in [6, 6.07) is 6.53. The quantitative estimate of drug-likeness (QED) is 0.198.